The molecule has 0 fully saturated rings. The number of nitrogens with one attached hydrogen (secondary N) is 2. The summed E-state index contributed by atoms with van der Waals surface area (Å²) in [5, 5.41) is 14.5. The minimum absolute atomic E-state index is 0.732. The first-order valence-corrected chi connectivity index (χ1v) is 10.5. The van der Waals surface area contributed by atoms with Crippen molar-refractivity contribution in [2.75, 3.05) is 13.6 Å². The molecular formula is C21H28N6S. The summed E-state index contributed by atoms with van der Waals surface area (Å²) in [7, 11) is 1.81. The zero-order chi connectivity index (χ0) is 19.6. The Labute approximate surface area is 170 Å². The van der Waals surface area contributed by atoms with Crippen molar-refractivity contribution >= 4 is 17.3 Å². The number of hydrogen-bond acceptors (Lipinski definition) is 4. The van der Waals surface area contributed by atoms with E-state index in [1.165, 1.54) is 16.1 Å². The third kappa shape index (κ3) is 6.20. The number of unbranched alkanes of at least 4 members (excludes halogenated alkanes) is 1. The summed E-state index contributed by atoms with van der Waals surface area (Å²) < 4.78 is 1.94. The SMILES string of the molecule is CN=C(NCCCCc1nc(C)cs1)NCc1ccccc1Cn1cccn1. The first-order chi connectivity index (χ1) is 13.7. The lowest BCUT2D eigenvalue weighted by Gasteiger charge is -2.14. The van der Waals surface area contributed by atoms with Gasteiger partial charge in [0, 0.05) is 43.6 Å². The second kappa shape index (κ2) is 10.6. The van der Waals surface area contributed by atoms with E-state index in [0.29, 0.717) is 0 Å². The Morgan fingerprint density at radius 2 is 2.00 bits per heavy atom. The Morgan fingerprint density at radius 1 is 1.14 bits per heavy atom. The molecule has 0 bridgehead atoms. The van der Waals surface area contributed by atoms with Gasteiger partial charge in [-0.05, 0) is 43.4 Å². The van der Waals surface area contributed by atoms with E-state index in [4.69, 9.17) is 0 Å². The molecule has 0 spiro atoms. The Kier molecular flexibility index (Phi) is 7.61. The van der Waals surface area contributed by atoms with E-state index >= 15 is 0 Å². The lowest BCUT2D eigenvalue weighted by Crippen LogP contribution is -2.37. The molecule has 2 N–H and O–H groups in total. The summed E-state index contributed by atoms with van der Waals surface area (Å²) in [6.07, 6.45) is 7.06. The second-order valence-electron chi connectivity index (χ2n) is 6.66. The zero-order valence-electron chi connectivity index (χ0n) is 16.6. The molecule has 0 amide bonds. The van der Waals surface area contributed by atoms with Gasteiger partial charge in [-0.25, -0.2) is 4.98 Å². The van der Waals surface area contributed by atoms with Gasteiger partial charge in [-0.3, -0.25) is 9.67 Å². The lowest BCUT2D eigenvalue weighted by atomic mass is 10.1. The predicted octanol–water partition coefficient (Wildman–Crippen LogP) is 3.38. The molecule has 0 atom stereocenters. The summed E-state index contributed by atoms with van der Waals surface area (Å²) in [5.41, 5.74) is 3.63. The van der Waals surface area contributed by atoms with Crippen molar-refractivity contribution in [3.8, 4) is 0 Å². The van der Waals surface area contributed by atoms with Crippen molar-refractivity contribution in [3.05, 3.63) is 69.9 Å². The molecule has 6 nitrogen and oxygen atoms in total. The van der Waals surface area contributed by atoms with E-state index in [1.807, 2.05) is 37.1 Å². The average molecular weight is 397 g/mol. The molecule has 2 aromatic heterocycles. The highest BCUT2D eigenvalue weighted by Gasteiger charge is 2.05. The van der Waals surface area contributed by atoms with Crippen molar-refractivity contribution in [2.45, 2.75) is 39.3 Å². The molecule has 0 saturated carbocycles. The van der Waals surface area contributed by atoms with Gasteiger partial charge in [0.05, 0.1) is 11.6 Å². The molecule has 1 aromatic carbocycles. The fourth-order valence-corrected chi connectivity index (χ4v) is 3.80. The molecule has 0 aliphatic heterocycles. The van der Waals surface area contributed by atoms with Crippen LogP contribution >= 0.6 is 11.3 Å². The van der Waals surface area contributed by atoms with Crippen molar-refractivity contribution in [1.29, 1.82) is 0 Å². The van der Waals surface area contributed by atoms with Crippen LogP contribution in [0.25, 0.3) is 0 Å². The first kappa shape index (κ1) is 20.1. The minimum atomic E-state index is 0.732. The first-order valence-electron chi connectivity index (χ1n) is 9.64. The summed E-state index contributed by atoms with van der Waals surface area (Å²) in [5.74, 6) is 0.832. The molecule has 0 aliphatic carbocycles. The fourth-order valence-electron chi connectivity index (χ4n) is 2.98. The van der Waals surface area contributed by atoms with Crippen LogP contribution in [-0.2, 0) is 19.5 Å². The van der Waals surface area contributed by atoms with Crippen molar-refractivity contribution in [3.63, 3.8) is 0 Å². The topological polar surface area (TPSA) is 67.1 Å². The van der Waals surface area contributed by atoms with Crippen LogP contribution in [-0.4, -0.2) is 34.3 Å². The van der Waals surface area contributed by atoms with Crippen molar-refractivity contribution in [1.82, 2.24) is 25.4 Å². The van der Waals surface area contributed by atoms with Gasteiger partial charge < -0.3 is 10.6 Å². The Bertz CT molecular complexity index is 869. The van der Waals surface area contributed by atoms with Gasteiger partial charge in [-0.15, -0.1) is 11.3 Å². The zero-order valence-corrected chi connectivity index (χ0v) is 17.4. The fraction of sp³-hybridized carbons (Fsp3) is 0.381. The average Bonchev–Trinajstić information content (AvgIpc) is 3.37. The van der Waals surface area contributed by atoms with Crippen LogP contribution < -0.4 is 10.6 Å². The van der Waals surface area contributed by atoms with Gasteiger partial charge in [0.1, 0.15) is 0 Å². The van der Waals surface area contributed by atoms with E-state index in [9.17, 15) is 0 Å². The number of hydrogen-bond donors (Lipinski definition) is 2. The Balaban J connectivity index is 1.41. The van der Waals surface area contributed by atoms with Crippen LogP contribution in [0.4, 0.5) is 0 Å². The van der Waals surface area contributed by atoms with E-state index in [2.05, 4.69) is 55.4 Å². The monoisotopic (exact) mass is 396 g/mol. The summed E-state index contributed by atoms with van der Waals surface area (Å²) in [6, 6.07) is 10.4. The van der Waals surface area contributed by atoms with E-state index in [0.717, 1.165) is 50.6 Å². The highest BCUT2D eigenvalue weighted by atomic mass is 32.1. The maximum atomic E-state index is 4.51. The highest BCUT2D eigenvalue weighted by Crippen LogP contribution is 2.12. The summed E-state index contributed by atoms with van der Waals surface area (Å²) in [6.45, 7) is 4.45. The lowest BCUT2D eigenvalue weighted by molar-refractivity contribution is 0.674. The molecule has 2 heterocycles. The molecule has 0 saturated heterocycles. The van der Waals surface area contributed by atoms with Crippen molar-refractivity contribution in [2.24, 2.45) is 4.99 Å². The molecular weight excluding hydrogens is 368 g/mol. The maximum Gasteiger partial charge on any atom is 0.191 e. The number of thiazole rings is 1. The predicted molar refractivity (Wildman–Crippen MR) is 116 cm³/mol. The molecule has 0 aliphatic rings. The van der Waals surface area contributed by atoms with E-state index in [-0.39, 0.29) is 0 Å². The number of nitrogens with zero attached hydrogens (tertiary/aromatic N) is 4. The third-order valence-electron chi connectivity index (χ3n) is 4.46. The van der Waals surface area contributed by atoms with Crippen LogP contribution in [0.15, 0.2) is 53.1 Å². The summed E-state index contributed by atoms with van der Waals surface area (Å²) in [4.78, 5) is 8.85. The van der Waals surface area contributed by atoms with Gasteiger partial charge in [0.15, 0.2) is 5.96 Å². The van der Waals surface area contributed by atoms with Crippen LogP contribution in [0.1, 0.15) is 34.7 Å². The van der Waals surface area contributed by atoms with Crippen LogP contribution in [0.3, 0.4) is 0 Å². The number of aliphatic imine (C=N–C) groups is 1. The number of aryl methyl sites for hydroxylation is 2. The Morgan fingerprint density at radius 3 is 2.71 bits per heavy atom. The number of rotatable bonds is 9. The Hall–Kier alpha value is -2.67. The molecule has 0 radical (unpaired) electrons. The molecule has 28 heavy (non-hydrogen) atoms. The van der Waals surface area contributed by atoms with Gasteiger partial charge in [-0.2, -0.15) is 5.10 Å². The minimum Gasteiger partial charge on any atom is -0.356 e. The van der Waals surface area contributed by atoms with Gasteiger partial charge in [-0.1, -0.05) is 24.3 Å². The molecule has 0 unspecified atom stereocenters. The summed E-state index contributed by atoms with van der Waals surface area (Å²) >= 11 is 1.75. The third-order valence-corrected chi connectivity index (χ3v) is 5.48. The number of benzene rings is 1. The molecule has 148 valence electrons. The van der Waals surface area contributed by atoms with Gasteiger partial charge >= 0.3 is 0 Å². The van der Waals surface area contributed by atoms with Crippen LogP contribution in [0, 0.1) is 6.92 Å². The van der Waals surface area contributed by atoms with Crippen LogP contribution in [0.2, 0.25) is 0 Å². The molecule has 3 rings (SSSR count). The van der Waals surface area contributed by atoms with Crippen molar-refractivity contribution < 1.29 is 0 Å². The maximum absolute atomic E-state index is 4.51. The van der Waals surface area contributed by atoms with Crippen LogP contribution in [0.5, 0.6) is 0 Å². The highest BCUT2D eigenvalue weighted by molar-refractivity contribution is 7.09. The van der Waals surface area contributed by atoms with E-state index < -0.39 is 0 Å². The molecule has 7 heteroatoms. The number of aromatic nitrogens is 3. The standard InChI is InChI=1S/C21H28N6S/c1-17-16-28-20(26-17)10-5-6-11-23-21(22-2)24-14-18-8-3-4-9-19(18)15-27-13-7-12-25-27/h3-4,7-9,12-13,16H,5-6,10-11,14-15H2,1-2H3,(H2,22,23,24). The van der Waals surface area contributed by atoms with E-state index in [1.54, 1.807) is 11.3 Å². The second-order valence-corrected chi connectivity index (χ2v) is 7.61. The number of guanidine groups is 1. The van der Waals surface area contributed by atoms with Gasteiger partial charge in [0.2, 0.25) is 0 Å². The largest absolute Gasteiger partial charge is 0.356 e. The smallest absolute Gasteiger partial charge is 0.191 e. The normalized spacial score (nSPS) is 11.6. The molecule has 3 aromatic rings. The quantitative estimate of drug-likeness (QED) is 0.331. The van der Waals surface area contributed by atoms with Gasteiger partial charge in [0.25, 0.3) is 0 Å².